The van der Waals surface area contributed by atoms with Crippen molar-refractivity contribution in [2.75, 3.05) is 0 Å². The van der Waals surface area contributed by atoms with Crippen molar-refractivity contribution in [2.45, 2.75) is 50.6 Å². The fourth-order valence-corrected chi connectivity index (χ4v) is 1.84. The Kier molecular flexibility index (Phi) is 4.84. The van der Waals surface area contributed by atoms with Crippen LogP contribution in [0.5, 0.6) is 0 Å². The summed E-state index contributed by atoms with van der Waals surface area (Å²) in [6.45, 7) is 0. The molecular formula is C10H14N2O2. The van der Waals surface area contributed by atoms with Crippen molar-refractivity contribution in [3.05, 3.63) is 0 Å². The van der Waals surface area contributed by atoms with Crippen LogP contribution in [0, 0.1) is 0 Å². The Morgan fingerprint density at radius 3 is 1.57 bits per heavy atom. The van der Waals surface area contributed by atoms with Crippen LogP contribution in [0.2, 0.25) is 0 Å². The lowest BCUT2D eigenvalue weighted by atomic mass is 9.94. The van der Waals surface area contributed by atoms with Gasteiger partial charge in [0.1, 0.15) is 0 Å². The molecule has 0 aromatic rings. The molecule has 2 atom stereocenters. The van der Waals surface area contributed by atoms with E-state index in [2.05, 4.69) is 9.98 Å². The van der Waals surface area contributed by atoms with Crippen LogP contribution in [0.4, 0.5) is 0 Å². The maximum absolute atomic E-state index is 10.1. The number of hydrogen-bond donors (Lipinski definition) is 0. The monoisotopic (exact) mass is 194 g/mol. The lowest BCUT2D eigenvalue weighted by molar-refractivity contribution is 0.415. The van der Waals surface area contributed by atoms with Crippen LogP contribution in [0.3, 0.4) is 0 Å². The van der Waals surface area contributed by atoms with Crippen LogP contribution in [-0.4, -0.2) is 24.2 Å². The zero-order valence-electron chi connectivity index (χ0n) is 8.11. The van der Waals surface area contributed by atoms with Gasteiger partial charge in [-0.3, -0.25) is 0 Å². The van der Waals surface area contributed by atoms with Crippen LogP contribution in [0.15, 0.2) is 9.98 Å². The predicted molar refractivity (Wildman–Crippen MR) is 51.5 cm³/mol. The van der Waals surface area contributed by atoms with Crippen molar-refractivity contribution in [3.8, 4) is 0 Å². The van der Waals surface area contributed by atoms with E-state index < -0.39 is 0 Å². The minimum atomic E-state index is 0.0807. The Morgan fingerprint density at radius 1 is 0.786 bits per heavy atom. The zero-order valence-corrected chi connectivity index (χ0v) is 8.11. The Hall–Kier alpha value is -1.24. The Bertz CT molecular complexity index is 237. The smallest absolute Gasteiger partial charge is 0.211 e. The highest BCUT2D eigenvalue weighted by molar-refractivity contribution is 5.34. The molecule has 1 rings (SSSR count). The van der Waals surface area contributed by atoms with E-state index in [-0.39, 0.29) is 12.1 Å². The molecule has 0 aromatic carbocycles. The fraction of sp³-hybridized carbons (Fsp3) is 0.800. The maximum atomic E-state index is 10.1. The van der Waals surface area contributed by atoms with Gasteiger partial charge in [0.25, 0.3) is 0 Å². The van der Waals surface area contributed by atoms with Crippen molar-refractivity contribution in [3.63, 3.8) is 0 Å². The molecule has 0 radical (unpaired) electrons. The van der Waals surface area contributed by atoms with Gasteiger partial charge in [-0.2, -0.15) is 0 Å². The van der Waals surface area contributed by atoms with Gasteiger partial charge in [0.2, 0.25) is 12.2 Å². The summed E-state index contributed by atoms with van der Waals surface area (Å²) in [5.74, 6) is 0. The number of rotatable bonds is 2. The average molecular weight is 194 g/mol. The number of isocyanates is 2. The van der Waals surface area contributed by atoms with Crippen molar-refractivity contribution < 1.29 is 9.59 Å². The SMILES string of the molecule is O=C=NC1CCCCC(N=C=O)CC1. The lowest BCUT2D eigenvalue weighted by Gasteiger charge is -2.18. The topological polar surface area (TPSA) is 58.9 Å². The molecule has 14 heavy (non-hydrogen) atoms. The Morgan fingerprint density at radius 2 is 1.21 bits per heavy atom. The summed E-state index contributed by atoms with van der Waals surface area (Å²) in [7, 11) is 0. The van der Waals surface area contributed by atoms with E-state index >= 15 is 0 Å². The van der Waals surface area contributed by atoms with Gasteiger partial charge in [-0.05, 0) is 25.7 Å². The summed E-state index contributed by atoms with van der Waals surface area (Å²) in [6, 6.07) is 0.161. The second kappa shape index (κ2) is 6.25. The van der Waals surface area contributed by atoms with Crippen LogP contribution in [0.25, 0.3) is 0 Å². The van der Waals surface area contributed by atoms with Gasteiger partial charge in [0, 0.05) is 0 Å². The summed E-state index contributed by atoms with van der Waals surface area (Å²) in [4.78, 5) is 27.7. The highest BCUT2D eigenvalue weighted by Crippen LogP contribution is 2.21. The van der Waals surface area contributed by atoms with Gasteiger partial charge >= 0.3 is 0 Å². The quantitative estimate of drug-likeness (QED) is 0.496. The molecule has 4 heteroatoms. The first-order chi connectivity index (χ1) is 6.86. The molecule has 0 heterocycles. The van der Waals surface area contributed by atoms with Crippen LogP contribution in [-0.2, 0) is 9.59 Å². The van der Waals surface area contributed by atoms with Gasteiger partial charge in [-0.15, -0.1) is 0 Å². The second-order valence-electron chi connectivity index (χ2n) is 3.61. The third kappa shape index (κ3) is 3.65. The maximum Gasteiger partial charge on any atom is 0.235 e. The fourth-order valence-electron chi connectivity index (χ4n) is 1.84. The molecule has 0 saturated heterocycles. The molecule has 0 N–H and O–H groups in total. The molecule has 76 valence electrons. The van der Waals surface area contributed by atoms with Gasteiger partial charge in [-0.25, -0.2) is 19.6 Å². The molecule has 0 spiro atoms. The average Bonchev–Trinajstić information content (AvgIpc) is 2.15. The second-order valence-corrected chi connectivity index (χ2v) is 3.61. The van der Waals surface area contributed by atoms with E-state index in [4.69, 9.17) is 0 Å². The number of aliphatic imine (C=N–C) groups is 2. The predicted octanol–water partition coefficient (Wildman–Crippen LogP) is 1.75. The number of nitrogens with zero attached hydrogens (tertiary/aromatic N) is 2. The standard InChI is InChI=1S/C10H14N2O2/c13-7-11-9-3-1-2-4-10(6-5-9)12-8-14/h9-10H,1-6H2. The first-order valence-corrected chi connectivity index (χ1v) is 5.00. The molecule has 1 aliphatic rings. The van der Waals surface area contributed by atoms with Crippen LogP contribution in [0.1, 0.15) is 38.5 Å². The summed E-state index contributed by atoms with van der Waals surface area (Å²) in [6.07, 6.45) is 8.83. The lowest BCUT2D eigenvalue weighted by Crippen LogP contribution is -2.14. The van der Waals surface area contributed by atoms with E-state index in [9.17, 15) is 9.59 Å². The Labute approximate surface area is 83.1 Å². The highest BCUT2D eigenvalue weighted by atomic mass is 16.1. The third-order valence-corrected chi connectivity index (χ3v) is 2.63. The molecule has 1 aliphatic carbocycles. The van der Waals surface area contributed by atoms with Crippen molar-refractivity contribution in [2.24, 2.45) is 9.98 Å². The minimum Gasteiger partial charge on any atom is -0.211 e. The Balaban J connectivity index is 2.49. The van der Waals surface area contributed by atoms with E-state index in [0.29, 0.717) is 0 Å². The van der Waals surface area contributed by atoms with E-state index in [1.54, 1.807) is 12.2 Å². The van der Waals surface area contributed by atoms with Gasteiger partial charge in [0.05, 0.1) is 12.1 Å². The van der Waals surface area contributed by atoms with Gasteiger partial charge < -0.3 is 0 Å². The van der Waals surface area contributed by atoms with Gasteiger partial charge in [0.15, 0.2) is 0 Å². The first kappa shape index (κ1) is 10.8. The molecular weight excluding hydrogens is 180 g/mol. The first-order valence-electron chi connectivity index (χ1n) is 5.00. The van der Waals surface area contributed by atoms with Crippen molar-refractivity contribution in [1.29, 1.82) is 0 Å². The van der Waals surface area contributed by atoms with Crippen LogP contribution < -0.4 is 0 Å². The summed E-state index contributed by atoms with van der Waals surface area (Å²) >= 11 is 0. The van der Waals surface area contributed by atoms with E-state index in [1.165, 1.54) is 0 Å². The van der Waals surface area contributed by atoms with E-state index in [1.807, 2.05) is 0 Å². The zero-order chi connectivity index (χ0) is 10.2. The summed E-state index contributed by atoms with van der Waals surface area (Å²) in [5.41, 5.74) is 0. The summed E-state index contributed by atoms with van der Waals surface area (Å²) < 4.78 is 0. The van der Waals surface area contributed by atoms with Crippen molar-refractivity contribution >= 4 is 12.2 Å². The third-order valence-electron chi connectivity index (χ3n) is 2.63. The molecule has 0 aromatic heterocycles. The summed E-state index contributed by atoms with van der Waals surface area (Å²) in [5, 5.41) is 0. The minimum absolute atomic E-state index is 0.0807. The van der Waals surface area contributed by atoms with Crippen molar-refractivity contribution in [1.82, 2.24) is 0 Å². The molecule has 0 bridgehead atoms. The molecule has 1 fully saturated rings. The molecule has 4 nitrogen and oxygen atoms in total. The molecule has 1 saturated carbocycles. The van der Waals surface area contributed by atoms with E-state index in [0.717, 1.165) is 38.5 Å². The van der Waals surface area contributed by atoms with Crippen LogP contribution >= 0.6 is 0 Å². The molecule has 2 unspecified atom stereocenters. The number of carbonyl (C=O) groups excluding carboxylic acids is 2. The largest absolute Gasteiger partial charge is 0.235 e. The normalized spacial score (nSPS) is 27.7. The highest BCUT2D eigenvalue weighted by Gasteiger charge is 2.15. The molecule has 0 amide bonds. The number of hydrogen-bond acceptors (Lipinski definition) is 4. The van der Waals surface area contributed by atoms with Gasteiger partial charge in [-0.1, -0.05) is 12.8 Å². The molecule has 0 aliphatic heterocycles.